The van der Waals surface area contributed by atoms with Crippen LogP contribution in [0.2, 0.25) is 0 Å². The number of aromatic amines is 2. The molecule has 0 saturated carbocycles. The average Bonchev–Trinajstić information content (AvgIpc) is 3.38. The Bertz CT molecular complexity index is 1260. The molecule has 0 aromatic carbocycles. The lowest BCUT2D eigenvalue weighted by Gasteiger charge is -2.07. The Morgan fingerprint density at radius 1 is 0.839 bits per heavy atom. The van der Waals surface area contributed by atoms with Crippen LogP contribution in [-0.2, 0) is 6.42 Å². The zero-order valence-corrected chi connectivity index (χ0v) is 19.9. The van der Waals surface area contributed by atoms with Crippen molar-refractivity contribution in [1.82, 2.24) is 9.97 Å². The van der Waals surface area contributed by atoms with Crippen LogP contribution in [0.5, 0.6) is 0 Å². The molecule has 2 aliphatic heterocycles. The van der Waals surface area contributed by atoms with Gasteiger partial charge in [0.15, 0.2) is 0 Å². The van der Waals surface area contributed by atoms with E-state index in [9.17, 15) is 0 Å². The zero-order valence-electron chi connectivity index (χ0n) is 19.9. The normalized spacial score (nSPS) is 19.0. The third-order valence-corrected chi connectivity index (χ3v) is 6.92. The topological polar surface area (TPSA) is 56.3 Å². The number of nitrogens with zero attached hydrogens (tertiary/aromatic N) is 2. The second-order valence-electron chi connectivity index (χ2n) is 8.88. The van der Waals surface area contributed by atoms with E-state index in [0.717, 1.165) is 34.9 Å². The Morgan fingerprint density at radius 3 is 2.16 bits per heavy atom. The van der Waals surface area contributed by atoms with E-state index in [2.05, 4.69) is 88.7 Å². The summed E-state index contributed by atoms with van der Waals surface area (Å²) in [6.07, 6.45) is 9.24. The van der Waals surface area contributed by atoms with E-state index >= 15 is 0 Å². The van der Waals surface area contributed by atoms with Gasteiger partial charge in [-0.05, 0) is 112 Å². The van der Waals surface area contributed by atoms with Gasteiger partial charge in [0.25, 0.3) is 0 Å². The molecule has 0 aliphatic carbocycles. The highest BCUT2D eigenvalue weighted by molar-refractivity contribution is 6.04. The van der Waals surface area contributed by atoms with E-state index in [0.29, 0.717) is 0 Å². The van der Waals surface area contributed by atoms with Crippen LogP contribution in [0.25, 0.3) is 12.2 Å². The van der Waals surface area contributed by atoms with Gasteiger partial charge >= 0.3 is 0 Å². The highest BCUT2D eigenvalue weighted by atomic mass is 14.8. The summed E-state index contributed by atoms with van der Waals surface area (Å²) < 4.78 is 0. The van der Waals surface area contributed by atoms with E-state index < -0.39 is 0 Å². The average molecular weight is 413 g/mol. The van der Waals surface area contributed by atoms with Crippen LogP contribution in [0.1, 0.15) is 67.0 Å². The van der Waals surface area contributed by atoms with Gasteiger partial charge in [-0.15, -0.1) is 0 Å². The highest BCUT2D eigenvalue weighted by Crippen LogP contribution is 2.33. The summed E-state index contributed by atoms with van der Waals surface area (Å²) in [6, 6.07) is 0. The van der Waals surface area contributed by atoms with Crippen molar-refractivity contribution >= 4 is 24.1 Å². The summed E-state index contributed by atoms with van der Waals surface area (Å²) in [7, 11) is 0. The van der Waals surface area contributed by atoms with Crippen LogP contribution in [0.15, 0.2) is 49.9 Å². The van der Waals surface area contributed by atoms with Crippen molar-refractivity contribution in [2.45, 2.75) is 61.8 Å². The van der Waals surface area contributed by atoms with Crippen LogP contribution in [0, 0.1) is 27.7 Å². The minimum Gasteiger partial charge on any atom is -0.361 e. The SMILES string of the molecule is CC1=N/C(=C\c2[nH]cc(C)c2C)C(C)=C1Cc1c(C)[nH]c(/C=C2\N=CC(C)=C2C)c1C. The molecule has 4 heterocycles. The monoisotopic (exact) mass is 412 g/mol. The molecule has 2 aromatic rings. The largest absolute Gasteiger partial charge is 0.361 e. The molecule has 31 heavy (non-hydrogen) atoms. The van der Waals surface area contributed by atoms with Crippen LogP contribution in [0.4, 0.5) is 0 Å². The number of hydrogen-bond donors (Lipinski definition) is 2. The molecule has 160 valence electrons. The first-order valence-electron chi connectivity index (χ1n) is 10.9. The van der Waals surface area contributed by atoms with Crippen LogP contribution in [0.3, 0.4) is 0 Å². The third-order valence-electron chi connectivity index (χ3n) is 6.92. The predicted octanol–water partition coefficient (Wildman–Crippen LogP) is 6.71. The van der Waals surface area contributed by atoms with Crippen molar-refractivity contribution in [3.05, 3.63) is 79.2 Å². The molecule has 2 N–H and O–H groups in total. The summed E-state index contributed by atoms with van der Waals surface area (Å²) in [5.74, 6) is 0. The number of aromatic nitrogens is 2. The van der Waals surface area contributed by atoms with Gasteiger partial charge in [0.05, 0.1) is 11.4 Å². The Labute approximate surface area is 185 Å². The Hall–Kier alpha value is -3.14. The summed E-state index contributed by atoms with van der Waals surface area (Å²) in [5.41, 5.74) is 17.0. The van der Waals surface area contributed by atoms with Crippen LogP contribution in [-0.4, -0.2) is 21.9 Å². The quantitative estimate of drug-likeness (QED) is 0.560. The smallest absolute Gasteiger partial charge is 0.0686 e. The molecular weight excluding hydrogens is 380 g/mol. The van der Waals surface area contributed by atoms with Crippen molar-refractivity contribution in [2.75, 3.05) is 0 Å². The van der Waals surface area contributed by atoms with Gasteiger partial charge in [0, 0.05) is 41.6 Å². The minimum absolute atomic E-state index is 0.885. The Morgan fingerprint density at radius 2 is 1.55 bits per heavy atom. The van der Waals surface area contributed by atoms with E-state index in [4.69, 9.17) is 4.99 Å². The molecule has 0 amide bonds. The number of allylic oxidation sites excluding steroid dienone is 4. The maximum absolute atomic E-state index is 4.90. The number of nitrogens with one attached hydrogen (secondary N) is 2. The van der Waals surface area contributed by atoms with Gasteiger partial charge in [-0.1, -0.05) is 0 Å². The molecule has 4 rings (SSSR count). The molecule has 2 aromatic heterocycles. The van der Waals surface area contributed by atoms with E-state index in [1.165, 1.54) is 50.2 Å². The minimum atomic E-state index is 0.885. The lowest BCUT2D eigenvalue weighted by Crippen LogP contribution is -2.01. The molecule has 0 fully saturated rings. The maximum Gasteiger partial charge on any atom is 0.0686 e. The first-order valence-corrected chi connectivity index (χ1v) is 10.9. The molecule has 0 atom stereocenters. The fourth-order valence-electron chi connectivity index (χ4n) is 4.31. The van der Waals surface area contributed by atoms with E-state index in [1.54, 1.807) is 0 Å². The van der Waals surface area contributed by atoms with Gasteiger partial charge in [-0.25, -0.2) is 0 Å². The number of H-pyrrole nitrogens is 2. The van der Waals surface area contributed by atoms with E-state index in [1.807, 2.05) is 6.21 Å². The standard InChI is InChI=1S/C27H32N4/c1-14-12-28-24(16(14)3)10-26-18(5)22(20(7)30-26)9-23-19(6)27(31-21(23)8)11-25-17(4)15(2)13-29-25/h10-13,28,31H,9H2,1-8H3/b25-11-,26-10-. The number of hydrogen-bond acceptors (Lipinski definition) is 2. The highest BCUT2D eigenvalue weighted by Gasteiger charge is 2.21. The van der Waals surface area contributed by atoms with Crippen molar-refractivity contribution < 1.29 is 0 Å². The Balaban J connectivity index is 1.67. The summed E-state index contributed by atoms with van der Waals surface area (Å²) >= 11 is 0. The van der Waals surface area contributed by atoms with Crippen LogP contribution >= 0.6 is 0 Å². The summed E-state index contributed by atoms with van der Waals surface area (Å²) in [5, 5.41) is 0. The molecule has 4 heteroatoms. The predicted molar refractivity (Wildman–Crippen MR) is 133 cm³/mol. The second kappa shape index (κ2) is 7.84. The lowest BCUT2D eigenvalue weighted by atomic mass is 9.95. The van der Waals surface area contributed by atoms with Gasteiger partial charge < -0.3 is 9.97 Å². The lowest BCUT2D eigenvalue weighted by molar-refractivity contribution is 1.12. The van der Waals surface area contributed by atoms with Crippen molar-refractivity contribution in [1.29, 1.82) is 0 Å². The molecule has 4 nitrogen and oxygen atoms in total. The summed E-state index contributed by atoms with van der Waals surface area (Å²) in [4.78, 5) is 16.4. The fourth-order valence-corrected chi connectivity index (χ4v) is 4.31. The first-order chi connectivity index (χ1) is 14.7. The third kappa shape index (κ3) is 3.71. The Kier molecular flexibility index (Phi) is 5.34. The molecule has 0 saturated heterocycles. The van der Waals surface area contributed by atoms with E-state index in [-0.39, 0.29) is 0 Å². The van der Waals surface area contributed by atoms with Gasteiger partial charge in [-0.3, -0.25) is 9.98 Å². The molecule has 0 unspecified atom stereocenters. The van der Waals surface area contributed by atoms with Crippen molar-refractivity contribution in [3.8, 4) is 0 Å². The molecule has 0 spiro atoms. The van der Waals surface area contributed by atoms with Crippen LogP contribution < -0.4 is 0 Å². The maximum atomic E-state index is 4.90. The molecule has 0 radical (unpaired) electrons. The van der Waals surface area contributed by atoms with Gasteiger partial charge in [-0.2, -0.15) is 0 Å². The molecule has 2 aliphatic rings. The fraction of sp³-hybridized carbons (Fsp3) is 0.333. The summed E-state index contributed by atoms with van der Waals surface area (Å²) in [6.45, 7) is 17.2. The number of aliphatic imine (C=N–C) groups is 2. The first kappa shape index (κ1) is 21.1. The molecule has 0 bridgehead atoms. The van der Waals surface area contributed by atoms with Gasteiger partial charge in [0.1, 0.15) is 0 Å². The number of aryl methyl sites for hydroxylation is 2. The number of rotatable bonds is 4. The zero-order chi connectivity index (χ0) is 22.4. The van der Waals surface area contributed by atoms with Gasteiger partial charge in [0.2, 0.25) is 0 Å². The second-order valence-corrected chi connectivity index (χ2v) is 8.88. The van der Waals surface area contributed by atoms with Crippen molar-refractivity contribution in [3.63, 3.8) is 0 Å². The van der Waals surface area contributed by atoms with Crippen molar-refractivity contribution in [2.24, 2.45) is 9.98 Å². The molecular formula is C27H32N4.